The number of likely N-dealkylation sites (N-methyl/N-ethyl adjacent to an activating group) is 1. The molecule has 2 aromatic rings. The minimum absolute atomic E-state index is 0.00438. The van der Waals surface area contributed by atoms with Gasteiger partial charge in [-0.2, -0.15) is 0 Å². The molecule has 4 nitrogen and oxygen atoms in total. The molecule has 1 aromatic carbocycles. The van der Waals surface area contributed by atoms with Crippen LogP contribution in [0.15, 0.2) is 35.7 Å². The van der Waals surface area contributed by atoms with Crippen LogP contribution in [0.1, 0.15) is 31.4 Å². The average molecular weight is 329 g/mol. The van der Waals surface area contributed by atoms with Crippen LogP contribution in [-0.4, -0.2) is 35.4 Å². The Labute approximate surface area is 141 Å². The van der Waals surface area contributed by atoms with Crippen LogP contribution < -0.4 is 5.32 Å². The fraction of sp³-hybridized carbons (Fsp3) is 0.444. The second-order valence-electron chi connectivity index (χ2n) is 6.07. The molecule has 1 aliphatic heterocycles. The average Bonchev–Trinajstić information content (AvgIpc) is 2.95. The van der Waals surface area contributed by atoms with Crippen molar-refractivity contribution in [1.82, 2.24) is 15.2 Å². The number of likely N-dealkylation sites (tertiary alicyclic amines) is 1. The molecule has 0 saturated carbocycles. The fourth-order valence-corrected chi connectivity index (χ4v) is 3.81. The summed E-state index contributed by atoms with van der Waals surface area (Å²) in [7, 11) is 2.05. The maximum Gasteiger partial charge on any atom is 0.237 e. The number of benzene rings is 1. The van der Waals surface area contributed by atoms with Crippen LogP contribution in [0.4, 0.5) is 0 Å². The third-order valence-electron chi connectivity index (χ3n) is 4.34. The Bertz CT molecular complexity index is 641. The van der Waals surface area contributed by atoms with Crippen molar-refractivity contribution >= 4 is 17.2 Å². The van der Waals surface area contributed by atoms with Gasteiger partial charge in [0, 0.05) is 10.9 Å². The SMILES string of the molecule is CN1CCCCCC1C(=O)NCc1csc(-c2ccccc2)n1. The second-order valence-corrected chi connectivity index (χ2v) is 6.93. The summed E-state index contributed by atoms with van der Waals surface area (Å²) in [5.41, 5.74) is 2.05. The Morgan fingerprint density at radius 2 is 2.13 bits per heavy atom. The molecule has 122 valence electrons. The molecule has 23 heavy (non-hydrogen) atoms. The molecular formula is C18H23N3OS. The summed E-state index contributed by atoms with van der Waals surface area (Å²) in [5.74, 6) is 0.128. The predicted octanol–water partition coefficient (Wildman–Crippen LogP) is 3.30. The van der Waals surface area contributed by atoms with Crippen LogP contribution in [0.25, 0.3) is 10.6 Å². The van der Waals surface area contributed by atoms with Gasteiger partial charge in [0.05, 0.1) is 18.3 Å². The Hall–Kier alpha value is -1.72. The fourth-order valence-electron chi connectivity index (χ4n) is 2.98. The Balaban J connectivity index is 1.58. The van der Waals surface area contributed by atoms with E-state index in [0.29, 0.717) is 6.54 Å². The molecule has 5 heteroatoms. The third kappa shape index (κ3) is 4.18. The first-order chi connectivity index (χ1) is 11.2. The van der Waals surface area contributed by atoms with Crippen molar-refractivity contribution in [2.75, 3.05) is 13.6 Å². The first-order valence-corrected chi connectivity index (χ1v) is 9.10. The van der Waals surface area contributed by atoms with Crippen molar-refractivity contribution in [3.8, 4) is 10.6 Å². The first-order valence-electron chi connectivity index (χ1n) is 8.22. The molecule has 1 aromatic heterocycles. The lowest BCUT2D eigenvalue weighted by atomic mass is 10.1. The minimum Gasteiger partial charge on any atom is -0.349 e. The normalized spacial score (nSPS) is 19.3. The number of nitrogens with zero attached hydrogens (tertiary/aromatic N) is 2. The van der Waals surface area contributed by atoms with E-state index in [1.165, 1.54) is 12.8 Å². The lowest BCUT2D eigenvalue weighted by Gasteiger charge is -2.24. The largest absolute Gasteiger partial charge is 0.349 e. The highest BCUT2D eigenvalue weighted by Crippen LogP contribution is 2.23. The maximum atomic E-state index is 12.4. The summed E-state index contributed by atoms with van der Waals surface area (Å²) < 4.78 is 0. The van der Waals surface area contributed by atoms with Gasteiger partial charge in [-0.1, -0.05) is 43.2 Å². The van der Waals surface area contributed by atoms with E-state index in [9.17, 15) is 4.79 Å². The molecule has 0 aliphatic carbocycles. The summed E-state index contributed by atoms with van der Waals surface area (Å²) >= 11 is 1.62. The zero-order valence-electron chi connectivity index (χ0n) is 13.5. The van der Waals surface area contributed by atoms with E-state index < -0.39 is 0 Å². The molecule has 1 aliphatic rings. The number of aromatic nitrogens is 1. The molecule has 1 saturated heterocycles. The Kier molecular flexibility index (Phi) is 5.41. The summed E-state index contributed by atoms with van der Waals surface area (Å²) in [5, 5.41) is 6.08. The van der Waals surface area contributed by atoms with E-state index in [1.807, 2.05) is 30.6 Å². The van der Waals surface area contributed by atoms with Crippen molar-refractivity contribution < 1.29 is 4.79 Å². The van der Waals surface area contributed by atoms with Gasteiger partial charge in [0.15, 0.2) is 0 Å². The molecular weight excluding hydrogens is 306 g/mol. The zero-order valence-corrected chi connectivity index (χ0v) is 14.3. The number of carbonyl (C=O) groups is 1. The highest BCUT2D eigenvalue weighted by atomic mass is 32.1. The minimum atomic E-state index is 0.00438. The Morgan fingerprint density at radius 1 is 1.30 bits per heavy atom. The topological polar surface area (TPSA) is 45.2 Å². The molecule has 0 spiro atoms. The number of amides is 1. The van der Waals surface area contributed by atoms with E-state index in [4.69, 9.17) is 0 Å². The molecule has 2 heterocycles. The van der Waals surface area contributed by atoms with Crippen molar-refractivity contribution in [3.05, 3.63) is 41.4 Å². The number of thiazole rings is 1. The lowest BCUT2D eigenvalue weighted by molar-refractivity contribution is -0.126. The molecule has 0 radical (unpaired) electrons. The number of rotatable bonds is 4. The quantitative estimate of drug-likeness (QED) is 0.936. The summed E-state index contributed by atoms with van der Waals surface area (Å²) in [6.45, 7) is 1.51. The highest BCUT2D eigenvalue weighted by Gasteiger charge is 2.24. The highest BCUT2D eigenvalue weighted by molar-refractivity contribution is 7.13. The maximum absolute atomic E-state index is 12.4. The van der Waals surface area contributed by atoms with E-state index >= 15 is 0 Å². The Morgan fingerprint density at radius 3 is 2.96 bits per heavy atom. The zero-order chi connectivity index (χ0) is 16.1. The van der Waals surface area contributed by atoms with Crippen LogP contribution >= 0.6 is 11.3 Å². The van der Waals surface area contributed by atoms with Gasteiger partial charge < -0.3 is 5.32 Å². The van der Waals surface area contributed by atoms with Gasteiger partial charge in [0.1, 0.15) is 5.01 Å². The van der Waals surface area contributed by atoms with Gasteiger partial charge >= 0.3 is 0 Å². The predicted molar refractivity (Wildman–Crippen MR) is 94.3 cm³/mol. The van der Waals surface area contributed by atoms with Gasteiger partial charge in [-0.3, -0.25) is 9.69 Å². The lowest BCUT2D eigenvalue weighted by Crippen LogP contribution is -2.44. The molecule has 1 fully saturated rings. The molecule has 1 atom stereocenters. The molecule has 0 bridgehead atoms. The number of hydrogen-bond donors (Lipinski definition) is 1. The van der Waals surface area contributed by atoms with Gasteiger partial charge in [0.2, 0.25) is 5.91 Å². The summed E-state index contributed by atoms with van der Waals surface area (Å²) in [6.07, 6.45) is 4.50. The number of hydrogen-bond acceptors (Lipinski definition) is 4. The van der Waals surface area contributed by atoms with E-state index in [2.05, 4.69) is 27.3 Å². The van der Waals surface area contributed by atoms with E-state index in [1.54, 1.807) is 11.3 Å². The monoisotopic (exact) mass is 329 g/mol. The van der Waals surface area contributed by atoms with Crippen molar-refractivity contribution in [3.63, 3.8) is 0 Å². The van der Waals surface area contributed by atoms with E-state index in [0.717, 1.165) is 35.7 Å². The van der Waals surface area contributed by atoms with Gasteiger partial charge in [-0.25, -0.2) is 4.98 Å². The first kappa shape index (κ1) is 16.1. The second kappa shape index (κ2) is 7.70. The van der Waals surface area contributed by atoms with Crippen molar-refractivity contribution in [2.45, 2.75) is 38.3 Å². The molecule has 1 N–H and O–H groups in total. The molecule has 1 unspecified atom stereocenters. The van der Waals surface area contributed by atoms with Crippen LogP contribution in [0.2, 0.25) is 0 Å². The van der Waals surface area contributed by atoms with Crippen LogP contribution in [0.3, 0.4) is 0 Å². The van der Waals surface area contributed by atoms with Crippen molar-refractivity contribution in [1.29, 1.82) is 0 Å². The summed E-state index contributed by atoms with van der Waals surface area (Å²) in [6, 6.07) is 10.1. The van der Waals surface area contributed by atoms with Crippen molar-refractivity contribution in [2.24, 2.45) is 0 Å². The van der Waals surface area contributed by atoms with Crippen LogP contribution in [0.5, 0.6) is 0 Å². The number of nitrogens with one attached hydrogen (secondary N) is 1. The third-order valence-corrected chi connectivity index (χ3v) is 5.28. The van der Waals surface area contributed by atoms with Crippen LogP contribution in [0, 0.1) is 0 Å². The molecule has 1 amide bonds. The standard InChI is InChI=1S/C18H23N3OS/c1-21-11-7-3-6-10-16(21)17(22)19-12-15-13-23-18(20-15)14-8-4-2-5-9-14/h2,4-5,8-9,13,16H,3,6-7,10-12H2,1H3,(H,19,22). The van der Waals surface area contributed by atoms with E-state index in [-0.39, 0.29) is 11.9 Å². The molecule has 3 rings (SSSR count). The van der Waals surface area contributed by atoms with Gasteiger partial charge in [0.25, 0.3) is 0 Å². The number of carbonyl (C=O) groups excluding carboxylic acids is 1. The summed E-state index contributed by atoms with van der Waals surface area (Å²) in [4.78, 5) is 19.2. The smallest absolute Gasteiger partial charge is 0.237 e. The van der Waals surface area contributed by atoms with Gasteiger partial charge in [-0.05, 0) is 26.4 Å². The van der Waals surface area contributed by atoms with Crippen LogP contribution in [-0.2, 0) is 11.3 Å². The van der Waals surface area contributed by atoms with Gasteiger partial charge in [-0.15, -0.1) is 11.3 Å².